The molecule has 0 saturated heterocycles. The second-order valence-corrected chi connectivity index (χ2v) is 10.5. The van der Waals surface area contributed by atoms with Gasteiger partial charge in [0.2, 0.25) is 0 Å². The highest BCUT2D eigenvalue weighted by Gasteiger charge is 2.25. The summed E-state index contributed by atoms with van der Waals surface area (Å²) < 4.78 is 36.4. The Bertz CT molecular complexity index is 1400. The molecule has 34 heavy (non-hydrogen) atoms. The van der Waals surface area contributed by atoms with Gasteiger partial charge in [0.25, 0.3) is 15.6 Å². The molecule has 0 amide bonds. The highest BCUT2D eigenvalue weighted by atomic mass is 32.2. The molecule has 0 aliphatic heterocycles. The summed E-state index contributed by atoms with van der Waals surface area (Å²) in [5.74, 6) is -1.09. The number of carbonyl (C=O) groups is 2. The maximum atomic E-state index is 13.1. The number of Topliss-reactive ketones (excluding diaryl/α,β-unsaturated/α-hetero) is 1. The van der Waals surface area contributed by atoms with Crippen molar-refractivity contribution in [3.05, 3.63) is 76.2 Å². The summed E-state index contributed by atoms with van der Waals surface area (Å²) in [6.07, 6.45) is 0. The van der Waals surface area contributed by atoms with E-state index in [9.17, 15) is 22.8 Å². The number of ether oxygens (including phenoxy) is 1. The zero-order valence-electron chi connectivity index (χ0n) is 19.7. The molecule has 0 fully saturated rings. The lowest BCUT2D eigenvalue weighted by atomic mass is 9.91. The number of para-hydroxylation sites is 1. The fraction of sp³-hybridized carbons (Fsp3) is 0.292. The van der Waals surface area contributed by atoms with Crippen LogP contribution in [-0.2, 0) is 26.6 Å². The Morgan fingerprint density at radius 1 is 1.03 bits per heavy atom. The van der Waals surface area contributed by atoms with Crippen LogP contribution in [0.25, 0.3) is 5.69 Å². The minimum atomic E-state index is -4.21. The van der Waals surface area contributed by atoms with Gasteiger partial charge in [0.15, 0.2) is 12.4 Å². The SMILES string of the molecule is Cc1c(NS(=O)(=O)c2cccc(C(=O)OCC(=O)C(C)(C)C)c2)c(=O)n(-c2ccccc2)n1C. The Balaban J connectivity index is 1.88. The predicted octanol–water partition coefficient (Wildman–Crippen LogP) is 3.06. The van der Waals surface area contributed by atoms with Gasteiger partial charge in [0.1, 0.15) is 5.69 Å². The summed E-state index contributed by atoms with van der Waals surface area (Å²) in [6.45, 7) is 6.33. The molecule has 9 nitrogen and oxygen atoms in total. The smallest absolute Gasteiger partial charge is 0.338 e. The van der Waals surface area contributed by atoms with Crippen molar-refractivity contribution in [2.45, 2.75) is 32.6 Å². The second-order valence-electron chi connectivity index (χ2n) is 8.82. The largest absolute Gasteiger partial charge is 0.454 e. The van der Waals surface area contributed by atoms with Crippen LogP contribution in [0.2, 0.25) is 0 Å². The molecule has 1 N–H and O–H groups in total. The molecule has 3 rings (SSSR count). The summed E-state index contributed by atoms with van der Waals surface area (Å²) in [5.41, 5.74) is -0.348. The number of nitrogens with zero attached hydrogens (tertiary/aromatic N) is 2. The molecule has 10 heteroatoms. The number of aromatic nitrogens is 2. The molecule has 0 unspecified atom stereocenters. The molecule has 3 aromatic rings. The van der Waals surface area contributed by atoms with Gasteiger partial charge >= 0.3 is 5.97 Å². The lowest BCUT2D eigenvalue weighted by Gasteiger charge is -2.16. The third kappa shape index (κ3) is 5.12. The number of sulfonamides is 1. The Labute approximate surface area is 198 Å². The molecule has 0 radical (unpaired) electrons. The normalized spacial score (nSPS) is 11.8. The summed E-state index contributed by atoms with van der Waals surface area (Å²) in [5, 5.41) is 0. The summed E-state index contributed by atoms with van der Waals surface area (Å²) in [4.78, 5) is 37.2. The van der Waals surface area contributed by atoms with Crippen LogP contribution in [0.3, 0.4) is 0 Å². The van der Waals surface area contributed by atoms with Crippen molar-refractivity contribution in [2.24, 2.45) is 12.5 Å². The number of benzene rings is 2. The molecule has 0 aliphatic rings. The zero-order chi connectivity index (χ0) is 25.3. The predicted molar refractivity (Wildman–Crippen MR) is 128 cm³/mol. The van der Waals surface area contributed by atoms with Crippen LogP contribution >= 0.6 is 0 Å². The highest BCUT2D eigenvalue weighted by molar-refractivity contribution is 7.92. The van der Waals surface area contributed by atoms with Crippen molar-refractivity contribution in [3.63, 3.8) is 0 Å². The first kappa shape index (κ1) is 25.0. The number of carbonyl (C=O) groups excluding carboxylic acids is 2. The molecule has 0 saturated carbocycles. The van der Waals surface area contributed by atoms with E-state index in [1.807, 2.05) is 6.07 Å². The van der Waals surface area contributed by atoms with Gasteiger partial charge in [-0.1, -0.05) is 45.0 Å². The number of esters is 1. The number of rotatable bonds is 7. The van der Waals surface area contributed by atoms with Crippen molar-refractivity contribution in [2.75, 3.05) is 11.3 Å². The van der Waals surface area contributed by atoms with E-state index in [1.54, 1.807) is 63.7 Å². The Morgan fingerprint density at radius 2 is 1.68 bits per heavy atom. The van der Waals surface area contributed by atoms with E-state index in [2.05, 4.69) is 4.72 Å². The molecular formula is C24H27N3O6S. The molecule has 1 heterocycles. The molecule has 180 valence electrons. The van der Waals surface area contributed by atoms with Crippen molar-refractivity contribution in [3.8, 4) is 5.69 Å². The maximum Gasteiger partial charge on any atom is 0.338 e. The summed E-state index contributed by atoms with van der Waals surface area (Å²) in [7, 11) is -2.56. The Hall–Kier alpha value is -3.66. The van der Waals surface area contributed by atoms with Crippen LogP contribution in [0.5, 0.6) is 0 Å². The topological polar surface area (TPSA) is 116 Å². The van der Waals surface area contributed by atoms with E-state index in [4.69, 9.17) is 4.74 Å². The van der Waals surface area contributed by atoms with Crippen molar-refractivity contribution in [1.82, 2.24) is 9.36 Å². The fourth-order valence-electron chi connectivity index (χ4n) is 3.10. The average Bonchev–Trinajstić information content (AvgIpc) is 3.00. The molecule has 1 aromatic heterocycles. The van der Waals surface area contributed by atoms with Gasteiger partial charge in [-0.3, -0.25) is 19.0 Å². The van der Waals surface area contributed by atoms with Crippen LogP contribution in [0.15, 0.2) is 64.3 Å². The fourth-order valence-corrected chi connectivity index (χ4v) is 4.26. The standard InChI is InChI=1S/C24H27N3O6S/c1-16-21(22(29)27(26(16)5)18-11-7-6-8-12-18)25-34(31,32)19-13-9-10-17(14-19)23(30)33-15-20(28)24(2,3)4/h6-14,25H,15H2,1-5H3. The number of hydrogen-bond acceptors (Lipinski definition) is 6. The Kier molecular flexibility index (Phi) is 6.83. The lowest BCUT2D eigenvalue weighted by molar-refractivity contribution is -0.129. The van der Waals surface area contributed by atoms with Gasteiger partial charge < -0.3 is 4.74 Å². The maximum absolute atomic E-state index is 13.1. The van der Waals surface area contributed by atoms with Crippen LogP contribution in [0, 0.1) is 12.3 Å². The van der Waals surface area contributed by atoms with E-state index >= 15 is 0 Å². The van der Waals surface area contributed by atoms with Crippen LogP contribution in [0.4, 0.5) is 5.69 Å². The first-order valence-corrected chi connectivity index (χ1v) is 12.0. The van der Waals surface area contributed by atoms with E-state index in [1.165, 1.54) is 22.9 Å². The summed E-state index contributed by atoms with van der Waals surface area (Å²) >= 11 is 0. The minimum absolute atomic E-state index is 0.0314. The second kappa shape index (κ2) is 9.30. The number of hydrogen-bond donors (Lipinski definition) is 1. The lowest BCUT2D eigenvalue weighted by Crippen LogP contribution is -2.26. The molecular weight excluding hydrogens is 458 g/mol. The highest BCUT2D eigenvalue weighted by Crippen LogP contribution is 2.20. The zero-order valence-corrected chi connectivity index (χ0v) is 20.5. The van der Waals surface area contributed by atoms with Gasteiger partial charge in [0.05, 0.1) is 21.8 Å². The van der Waals surface area contributed by atoms with Crippen molar-refractivity contribution >= 4 is 27.5 Å². The van der Waals surface area contributed by atoms with Crippen molar-refractivity contribution in [1.29, 1.82) is 0 Å². The van der Waals surface area contributed by atoms with Gasteiger partial charge in [-0.05, 0) is 37.3 Å². The van der Waals surface area contributed by atoms with E-state index in [-0.39, 0.29) is 21.9 Å². The van der Waals surface area contributed by atoms with E-state index < -0.39 is 33.6 Å². The molecule has 2 aromatic carbocycles. The van der Waals surface area contributed by atoms with Gasteiger partial charge in [-0.25, -0.2) is 17.9 Å². The third-order valence-corrected chi connectivity index (χ3v) is 6.69. The first-order valence-electron chi connectivity index (χ1n) is 10.5. The molecule has 0 bridgehead atoms. The van der Waals surface area contributed by atoms with Gasteiger partial charge in [0, 0.05) is 12.5 Å². The number of nitrogens with one attached hydrogen (secondary N) is 1. The average molecular weight is 486 g/mol. The summed E-state index contributed by atoms with van der Waals surface area (Å²) in [6, 6.07) is 14.0. The Morgan fingerprint density at radius 3 is 2.29 bits per heavy atom. The van der Waals surface area contributed by atoms with Gasteiger partial charge in [-0.2, -0.15) is 0 Å². The molecule has 0 atom stereocenters. The quantitative estimate of drug-likeness (QED) is 0.514. The number of ketones is 1. The minimum Gasteiger partial charge on any atom is -0.454 e. The third-order valence-electron chi connectivity index (χ3n) is 5.34. The monoisotopic (exact) mass is 485 g/mol. The molecule has 0 aliphatic carbocycles. The van der Waals surface area contributed by atoms with E-state index in [0.29, 0.717) is 11.4 Å². The van der Waals surface area contributed by atoms with Crippen molar-refractivity contribution < 1.29 is 22.7 Å². The van der Waals surface area contributed by atoms with Crippen LogP contribution in [0.1, 0.15) is 36.8 Å². The van der Waals surface area contributed by atoms with Gasteiger partial charge in [-0.15, -0.1) is 0 Å². The first-order chi connectivity index (χ1) is 15.8. The van der Waals surface area contributed by atoms with Crippen LogP contribution < -0.4 is 10.3 Å². The molecule has 0 spiro atoms. The van der Waals surface area contributed by atoms with E-state index in [0.717, 1.165) is 6.07 Å². The number of anilines is 1. The van der Waals surface area contributed by atoms with Crippen LogP contribution in [-0.4, -0.2) is 36.1 Å².